The van der Waals surface area contributed by atoms with Crippen molar-refractivity contribution in [2.24, 2.45) is 0 Å². The van der Waals surface area contributed by atoms with E-state index in [4.69, 9.17) is 0 Å². The lowest BCUT2D eigenvalue weighted by atomic mass is 10.0. The van der Waals surface area contributed by atoms with Crippen molar-refractivity contribution in [3.05, 3.63) is 29.8 Å². The minimum atomic E-state index is -0.276. The SMILES string of the molecule is CCN1CCC(N[C@@H](C)c2ccc(F)cn2)CC1. The van der Waals surface area contributed by atoms with Crippen molar-refractivity contribution >= 4 is 0 Å². The van der Waals surface area contributed by atoms with E-state index in [0.717, 1.165) is 25.3 Å². The van der Waals surface area contributed by atoms with Crippen molar-refractivity contribution in [1.82, 2.24) is 15.2 Å². The smallest absolute Gasteiger partial charge is 0.141 e. The molecule has 1 aromatic rings. The molecule has 18 heavy (non-hydrogen) atoms. The number of nitrogens with zero attached hydrogens (tertiary/aromatic N) is 2. The van der Waals surface area contributed by atoms with Gasteiger partial charge in [0.1, 0.15) is 5.82 Å². The van der Waals surface area contributed by atoms with Crippen LogP contribution in [0, 0.1) is 5.82 Å². The van der Waals surface area contributed by atoms with Gasteiger partial charge in [0.25, 0.3) is 0 Å². The molecule has 2 heterocycles. The van der Waals surface area contributed by atoms with Crippen LogP contribution in [0.25, 0.3) is 0 Å². The predicted molar refractivity (Wildman–Crippen MR) is 70.9 cm³/mol. The highest BCUT2D eigenvalue weighted by Gasteiger charge is 2.20. The first-order valence-electron chi connectivity index (χ1n) is 6.79. The van der Waals surface area contributed by atoms with Gasteiger partial charge < -0.3 is 10.2 Å². The fourth-order valence-corrected chi connectivity index (χ4v) is 2.50. The summed E-state index contributed by atoms with van der Waals surface area (Å²) in [7, 11) is 0. The second-order valence-corrected chi connectivity index (χ2v) is 5.00. The second-order valence-electron chi connectivity index (χ2n) is 5.00. The van der Waals surface area contributed by atoms with Gasteiger partial charge in [-0.3, -0.25) is 4.98 Å². The highest BCUT2D eigenvalue weighted by Crippen LogP contribution is 2.16. The van der Waals surface area contributed by atoms with Gasteiger partial charge >= 0.3 is 0 Å². The van der Waals surface area contributed by atoms with Crippen LogP contribution in [0.15, 0.2) is 18.3 Å². The quantitative estimate of drug-likeness (QED) is 0.890. The van der Waals surface area contributed by atoms with Crippen molar-refractivity contribution in [2.45, 2.75) is 38.8 Å². The van der Waals surface area contributed by atoms with Gasteiger partial charge in [-0.2, -0.15) is 0 Å². The fourth-order valence-electron chi connectivity index (χ4n) is 2.50. The van der Waals surface area contributed by atoms with Crippen LogP contribution in [0.2, 0.25) is 0 Å². The van der Waals surface area contributed by atoms with Crippen LogP contribution in [-0.2, 0) is 0 Å². The highest BCUT2D eigenvalue weighted by molar-refractivity contribution is 5.09. The summed E-state index contributed by atoms with van der Waals surface area (Å²) in [5.41, 5.74) is 0.911. The molecular formula is C14H22FN3. The molecule has 0 radical (unpaired) electrons. The first-order chi connectivity index (χ1) is 8.69. The summed E-state index contributed by atoms with van der Waals surface area (Å²) in [6.07, 6.45) is 3.64. The molecule has 0 bridgehead atoms. The van der Waals surface area contributed by atoms with E-state index in [9.17, 15) is 4.39 Å². The first kappa shape index (κ1) is 13.4. The lowest BCUT2D eigenvalue weighted by Crippen LogP contribution is -2.43. The molecule has 0 spiro atoms. The van der Waals surface area contributed by atoms with Gasteiger partial charge in [-0.25, -0.2) is 4.39 Å². The van der Waals surface area contributed by atoms with E-state index in [1.54, 1.807) is 6.07 Å². The highest BCUT2D eigenvalue weighted by atomic mass is 19.1. The Morgan fingerprint density at radius 1 is 1.44 bits per heavy atom. The average Bonchev–Trinajstić information content (AvgIpc) is 2.40. The van der Waals surface area contributed by atoms with E-state index in [-0.39, 0.29) is 11.9 Å². The molecular weight excluding hydrogens is 229 g/mol. The van der Waals surface area contributed by atoms with Gasteiger partial charge in [-0.15, -0.1) is 0 Å². The summed E-state index contributed by atoms with van der Waals surface area (Å²) in [6, 6.07) is 3.97. The van der Waals surface area contributed by atoms with Gasteiger partial charge in [0.15, 0.2) is 0 Å². The third-order valence-corrected chi connectivity index (χ3v) is 3.71. The minimum absolute atomic E-state index is 0.184. The van der Waals surface area contributed by atoms with Crippen LogP contribution in [0.5, 0.6) is 0 Å². The van der Waals surface area contributed by atoms with Crippen molar-refractivity contribution in [3.63, 3.8) is 0 Å². The van der Waals surface area contributed by atoms with Crippen LogP contribution in [0.3, 0.4) is 0 Å². The third kappa shape index (κ3) is 3.50. The molecule has 4 heteroatoms. The molecule has 2 rings (SSSR count). The maximum absolute atomic E-state index is 12.8. The predicted octanol–water partition coefficient (Wildman–Crippen LogP) is 2.36. The Hall–Kier alpha value is -1.00. The number of aromatic nitrogens is 1. The molecule has 1 aromatic heterocycles. The van der Waals surface area contributed by atoms with E-state index < -0.39 is 0 Å². The molecule has 0 saturated carbocycles. The molecule has 1 fully saturated rings. The van der Waals surface area contributed by atoms with Crippen LogP contribution < -0.4 is 5.32 Å². The zero-order valence-corrected chi connectivity index (χ0v) is 11.2. The number of halogens is 1. The van der Waals surface area contributed by atoms with Crippen molar-refractivity contribution in [1.29, 1.82) is 0 Å². The van der Waals surface area contributed by atoms with E-state index in [0.29, 0.717) is 6.04 Å². The van der Waals surface area contributed by atoms with Crippen molar-refractivity contribution in [3.8, 4) is 0 Å². The van der Waals surface area contributed by atoms with Crippen molar-refractivity contribution < 1.29 is 4.39 Å². The Balaban J connectivity index is 1.84. The number of likely N-dealkylation sites (tertiary alicyclic amines) is 1. The van der Waals surface area contributed by atoms with Gasteiger partial charge in [-0.05, 0) is 51.5 Å². The lowest BCUT2D eigenvalue weighted by Gasteiger charge is -2.33. The number of piperidine rings is 1. The Kier molecular flexibility index (Phi) is 4.66. The third-order valence-electron chi connectivity index (χ3n) is 3.71. The molecule has 1 aliphatic rings. The van der Waals surface area contributed by atoms with Gasteiger partial charge in [0.2, 0.25) is 0 Å². The fraction of sp³-hybridized carbons (Fsp3) is 0.643. The Morgan fingerprint density at radius 2 is 2.17 bits per heavy atom. The van der Waals surface area contributed by atoms with Crippen LogP contribution in [0.4, 0.5) is 4.39 Å². The van der Waals surface area contributed by atoms with Gasteiger partial charge in [0.05, 0.1) is 11.9 Å². The van der Waals surface area contributed by atoms with Crippen molar-refractivity contribution in [2.75, 3.05) is 19.6 Å². The molecule has 0 aromatic carbocycles. The van der Waals surface area contributed by atoms with E-state index in [2.05, 4.69) is 29.0 Å². The first-order valence-corrected chi connectivity index (χ1v) is 6.79. The molecule has 0 unspecified atom stereocenters. The van der Waals surface area contributed by atoms with Gasteiger partial charge in [0, 0.05) is 12.1 Å². The number of hydrogen-bond acceptors (Lipinski definition) is 3. The Labute approximate surface area is 108 Å². The Bertz CT molecular complexity index is 358. The lowest BCUT2D eigenvalue weighted by molar-refractivity contribution is 0.200. The molecule has 1 aliphatic heterocycles. The molecule has 1 N–H and O–H groups in total. The van der Waals surface area contributed by atoms with E-state index in [1.165, 1.54) is 25.1 Å². The molecule has 1 atom stereocenters. The summed E-state index contributed by atoms with van der Waals surface area (Å²) in [4.78, 5) is 6.60. The maximum atomic E-state index is 12.8. The molecule has 0 amide bonds. The monoisotopic (exact) mass is 251 g/mol. The second kappa shape index (κ2) is 6.25. The molecule has 3 nitrogen and oxygen atoms in total. The molecule has 1 saturated heterocycles. The summed E-state index contributed by atoms with van der Waals surface area (Å²) in [5.74, 6) is -0.276. The average molecular weight is 251 g/mol. The minimum Gasteiger partial charge on any atom is -0.306 e. The number of rotatable bonds is 4. The molecule has 0 aliphatic carbocycles. The summed E-state index contributed by atoms with van der Waals surface area (Å²) < 4.78 is 12.8. The summed E-state index contributed by atoms with van der Waals surface area (Å²) in [6.45, 7) is 7.77. The number of pyridine rings is 1. The van der Waals surface area contributed by atoms with E-state index >= 15 is 0 Å². The Morgan fingerprint density at radius 3 is 2.72 bits per heavy atom. The number of hydrogen-bond donors (Lipinski definition) is 1. The normalized spacial score (nSPS) is 19.9. The maximum Gasteiger partial charge on any atom is 0.141 e. The van der Waals surface area contributed by atoms with Crippen LogP contribution in [-0.4, -0.2) is 35.6 Å². The zero-order valence-electron chi connectivity index (χ0n) is 11.2. The standard InChI is InChI=1S/C14H22FN3/c1-3-18-8-6-13(7-9-18)17-11(2)14-5-4-12(15)10-16-14/h4-5,10-11,13,17H,3,6-9H2,1-2H3/t11-/m0/s1. The number of nitrogens with one attached hydrogen (secondary N) is 1. The van der Waals surface area contributed by atoms with E-state index in [1.807, 2.05) is 0 Å². The topological polar surface area (TPSA) is 28.2 Å². The summed E-state index contributed by atoms with van der Waals surface area (Å²) >= 11 is 0. The van der Waals surface area contributed by atoms with Crippen LogP contribution >= 0.6 is 0 Å². The van der Waals surface area contributed by atoms with Crippen LogP contribution in [0.1, 0.15) is 38.4 Å². The zero-order chi connectivity index (χ0) is 13.0. The summed E-state index contributed by atoms with van der Waals surface area (Å²) in [5, 5.41) is 3.59. The van der Waals surface area contributed by atoms with Gasteiger partial charge in [-0.1, -0.05) is 6.92 Å². The largest absolute Gasteiger partial charge is 0.306 e. The molecule has 100 valence electrons.